The molecule has 1 fully saturated rings. The van der Waals surface area contributed by atoms with Gasteiger partial charge in [0.05, 0.1) is 13.2 Å². The van der Waals surface area contributed by atoms with E-state index in [0.29, 0.717) is 6.54 Å². The third kappa shape index (κ3) is 2.62. The lowest BCUT2D eigenvalue weighted by molar-refractivity contribution is -0.152. The second-order valence-electron chi connectivity index (χ2n) is 2.58. The van der Waals surface area contributed by atoms with E-state index in [9.17, 15) is 4.79 Å². The topological polar surface area (TPSA) is 61.5 Å². The van der Waals surface area contributed by atoms with Crippen molar-refractivity contribution < 1.29 is 14.3 Å². The number of rotatable bonds is 2. The van der Waals surface area contributed by atoms with Gasteiger partial charge in [-0.25, -0.2) is 4.79 Å². The average Bonchev–Trinajstić information content (AvgIpc) is 2.50. The van der Waals surface area contributed by atoms with Crippen LogP contribution < -0.4 is 5.73 Å². The highest BCUT2D eigenvalue weighted by Gasteiger charge is 2.30. The van der Waals surface area contributed by atoms with Gasteiger partial charge in [-0.1, -0.05) is 0 Å². The van der Waals surface area contributed by atoms with Crippen LogP contribution in [0.2, 0.25) is 0 Å². The van der Waals surface area contributed by atoms with E-state index in [2.05, 4.69) is 4.74 Å². The van der Waals surface area contributed by atoms with Crippen LogP contribution in [0.25, 0.3) is 0 Å². The molecule has 5 heteroatoms. The summed E-state index contributed by atoms with van der Waals surface area (Å²) in [6.07, 6.45) is 1.25. The molecule has 2 N–H and O–H groups in total. The molecule has 0 spiro atoms. The number of esters is 1. The third-order valence-electron chi connectivity index (χ3n) is 1.83. The van der Waals surface area contributed by atoms with Crippen LogP contribution >= 0.6 is 12.4 Å². The first-order chi connectivity index (χ1) is 5.27. The highest BCUT2D eigenvalue weighted by atomic mass is 35.5. The van der Waals surface area contributed by atoms with Gasteiger partial charge in [-0.2, -0.15) is 0 Å². The molecule has 4 nitrogen and oxygen atoms in total. The molecule has 0 aromatic heterocycles. The van der Waals surface area contributed by atoms with Crippen molar-refractivity contribution in [3.8, 4) is 0 Å². The number of hydrogen-bond acceptors (Lipinski definition) is 4. The Hall–Kier alpha value is -0.320. The zero-order valence-electron chi connectivity index (χ0n) is 6.99. The smallest absolute Gasteiger partial charge is 0.334 e. The summed E-state index contributed by atoms with van der Waals surface area (Å²) in [7, 11) is 1.36. The summed E-state index contributed by atoms with van der Waals surface area (Å²) in [4.78, 5) is 10.9. The first-order valence-corrected chi connectivity index (χ1v) is 3.71. The standard InChI is InChI=1S/C7H13NO3.ClH/c1-10-7(9)6-3-2-5(4-8)11-6;/h5-6H,2-4,8H2,1H3;1H. The second-order valence-corrected chi connectivity index (χ2v) is 2.58. The molecule has 0 aliphatic carbocycles. The van der Waals surface area contributed by atoms with E-state index in [1.807, 2.05) is 0 Å². The summed E-state index contributed by atoms with van der Waals surface area (Å²) < 4.78 is 9.79. The van der Waals surface area contributed by atoms with Crippen LogP contribution in [0.1, 0.15) is 12.8 Å². The third-order valence-corrected chi connectivity index (χ3v) is 1.83. The molecule has 1 aliphatic heterocycles. The van der Waals surface area contributed by atoms with Crippen LogP contribution in [-0.2, 0) is 14.3 Å². The van der Waals surface area contributed by atoms with Crippen molar-refractivity contribution in [2.75, 3.05) is 13.7 Å². The summed E-state index contributed by atoms with van der Waals surface area (Å²) >= 11 is 0. The van der Waals surface area contributed by atoms with E-state index in [-0.39, 0.29) is 30.6 Å². The minimum atomic E-state index is -0.381. The fourth-order valence-corrected chi connectivity index (χ4v) is 1.18. The Morgan fingerprint density at radius 3 is 2.75 bits per heavy atom. The van der Waals surface area contributed by atoms with Gasteiger partial charge < -0.3 is 15.2 Å². The van der Waals surface area contributed by atoms with Crippen molar-refractivity contribution in [1.82, 2.24) is 0 Å². The van der Waals surface area contributed by atoms with Crippen molar-refractivity contribution in [3.63, 3.8) is 0 Å². The number of methoxy groups -OCH3 is 1. The van der Waals surface area contributed by atoms with Crippen LogP contribution in [0.3, 0.4) is 0 Å². The molecule has 0 amide bonds. The van der Waals surface area contributed by atoms with E-state index < -0.39 is 0 Å². The largest absolute Gasteiger partial charge is 0.467 e. The molecule has 0 radical (unpaired) electrons. The fourth-order valence-electron chi connectivity index (χ4n) is 1.18. The quantitative estimate of drug-likeness (QED) is 0.635. The maximum atomic E-state index is 10.9. The first-order valence-electron chi connectivity index (χ1n) is 3.71. The van der Waals surface area contributed by atoms with E-state index in [1.165, 1.54) is 7.11 Å². The van der Waals surface area contributed by atoms with Gasteiger partial charge in [0.1, 0.15) is 0 Å². The van der Waals surface area contributed by atoms with Crippen LogP contribution in [0.4, 0.5) is 0 Å². The predicted molar refractivity (Wildman–Crippen MR) is 46.2 cm³/mol. The van der Waals surface area contributed by atoms with Crippen LogP contribution in [0.15, 0.2) is 0 Å². The Kier molecular flexibility index (Phi) is 5.20. The van der Waals surface area contributed by atoms with Gasteiger partial charge in [-0.05, 0) is 12.8 Å². The summed E-state index contributed by atoms with van der Waals surface area (Å²) in [5.41, 5.74) is 5.36. The number of ether oxygens (including phenoxy) is 2. The normalized spacial score (nSPS) is 27.8. The van der Waals surface area contributed by atoms with Crippen molar-refractivity contribution in [1.29, 1.82) is 0 Å². The minimum Gasteiger partial charge on any atom is -0.467 e. The fraction of sp³-hybridized carbons (Fsp3) is 0.857. The van der Waals surface area contributed by atoms with Gasteiger partial charge >= 0.3 is 5.97 Å². The summed E-state index contributed by atoms with van der Waals surface area (Å²) in [5, 5.41) is 0. The molecular weight excluding hydrogens is 182 g/mol. The van der Waals surface area contributed by atoms with E-state index >= 15 is 0 Å². The molecule has 12 heavy (non-hydrogen) atoms. The molecule has 0 aromatic rings. The molecule has 2 unspecified atom stereocenters. The van der Waals surface area contributed by atoms with E-state index in [1.54, 1.807) is 0 Å². The van der Waals surface area contributed by atoms with E-state index in [4.69, 9.17) is 10.5 Å². The van der Waals surface area contributed by atoms with Gasteiger partial charge in [0.15, 0.2) is 6.10 Å². The number of nitrogens with two attached hydrogens (primary N) is 1. The Morgan fingerprint density at radius 1 is 1.67 bits per heavy atom. The highest BCUT2D eigenvalue weighted by Crippen LogP contribution is 2.19. The molecule has 1 saturated heterocycles. The molecule has 1 heterocycles. The highest BCUT2D eigenvalue weighted by molar-refractivity contribution is 5.85. The molecule has 0 bridgehead atoms. The van der Waals surface area contributed by atoms with Crippen molar-refractivity contribution >= 4 is 18.4 Å². The summed E-state index contributed by atoms with van der Waals surface area (Å²) in [6.45, 7) is 0.480. The average molecular weight is 196 g/mol. The Balaban J connectivity index is 0.00000121. The van der Waals surface area contributed by atoms with Crippen molar-refractivity contribution in [2.24, 2.45) is 5.73 Å². The zero-order valence-corrected chi connectivity index (χ0v) is 7.80. The van der Waals surface area contributed by atoms with Gasteiger partial charge in [-0.15, -0.1) is 12.4 Å². The number of halogens is 1. The lowest BCUT2D eigenvalue weighted by Crippen LogP contribution is -2.25. The van der Waals surface area contributed by atoms with Gasteiger partial charge in [-0.3, -0.25) is 0 Å². The van der Waals surface area contributed by atoms with E-state index in [0.717, 1.165) is 12.8 Å². The molecule has 1 aliphatic rings. The predicted octanol–water partition coefficient (Wildman–Crippen LogP) is 0.0875. The summed E-state index contributed by atoms with van der Waals surface area (Å²) in [6, 6.07) is 0. The Morgan fingerprint density at radius 2 is 2.33 bits per heavy atom. The van der Waals surface area contributed by atoms with Crippen LogP contribution in [-0.4, -0.2) is 31.8 Å². The molecule has 72 valence electrons. The molecule has 0 aromatic carbocycles. The minimum absolute atomic E-state index is 0. The number of carbonyl (C=O) groups is 1. The van der Waals surface area contributed by atoms with Crippen molar-refractivity contribution in [2.45, 2.75) is 25.0 Å². The second kappa shape index (κ2) is 5.35. The monoisotopic (exact) mass is 195 g/mol. The number of carbonyl (C=O) groups excluding carboxylic acids is 1. The Labute approximate surface area is 77.8 Å². The Bertz CT molecular complexity index is 154. The van der Waals surface area contributed by atoms with Gasteiger partial charge in [0.2, 0.25) is 0 Å². The zero-order chi connectivity index (χ0) is 8.27. The van der Waals surface area contributed by atoms with Crippen molar-refractivity contribution in [3.05, 3.63) is 0 Å². The van der Waals surface area contributed by atoms with Gasteiger partial charge in [0, 0.05) is 6.54 Å². The maximum Gasteiger partial charge on any atom is 0.334 e. The SMILES string of the molecule is COC(=O)C1CCC(CN)O1.Cl. The van der Waals surface area contributed by atoms with Gasteiger partial charge in [0.25, 0.3) is 0 Å². The molecule has 0 saturated carbocycles. The molecule has 2 atom stereocenters. The first kappa shape index (κ1) is 11.7. The molecule has 1 rings (SSSR count). The lowest BCUT2D eigenvalue weighted by atomic mass is 10.2. The van der Waals surface area contributed by atoms with Crippen LogP contribution in [0.5, 0.6) is 0 Å². The summed E-state index contributed by atoms with van der Waals surface area (Å²) in [5.74, 6) is -0.291. The maximum absolute atomic E-state index is 10.9. The molecular formula is C7H14ClNO3. The van der Waals surface area contributed by atoms with Crippen LogP contribution in [0, 0.1) is 0 Å². The number of hydrogen-bond donors (Lipinski definition) is 1. The lowest BCUT2D eigenvalue weighted by Gasteiger charge is -2.09.